The second-order valence-electron chi connectivity index (χ2n) is 7.64. The van der Waals surface area contributed by atoms with E-state index in [2.05, 4.69) is 12.1 Å². The van der Waals surface area contributed by atoms with Gasteiger partial charge in [-0.3, -0.25) is 9.59 Å². The zero-order chi connectivity index (χ0) is 17.3. The third-order valence-electron chi connectivity index (χ3n) is 5.93. The topological polar surface area (TPSA) is 49.9 Å². The molecule has 1 saturated carbocycles. The summed E-state index contributed by atoms with van der Waals surface area (Å²) < 4.78 is 6.00. The predicted octanol–water partition coefficient (Wildman–Crippen LogP) is 2.17. The van der Waals surface area contributed by atoms with Crippen molar-refractivity contribution in [1.29, 1.82) is 0 Å². The van der Waals surface area contributed by atoms with E-state index in [1.54, 1.807) is 4.90 Å². The lowest BCUT2D eigenvalue weighted by Gasteiger charge is -2.41. The molecule has 4 rings (SSSR count). The van der Waals surface area contributed by atoms with Crippen molar-refractivity contribution in [1.82, 2.24) is 9.80 Å². The number of morpholine rings is 1. The van der Waals surface area contributed by atoms with E-state index >= 15 is 0 Å². The second-order valence-corrected chi connectivity index (χ2v) is 7.64. The third-order valence-corrected chi connectivity index (χ3v) is 5.93. The Kier molecular flexibility index (Phi) is 4.50. The molecular formula is C20H26N2O3. The summed E-state index contributed by atoms with van der Waals surface area (Å²) in [7, 11) is 0. The number of hydrogen-bond acceptors (Lipinski definition) is 3. The molecule has 2 heterocycles. The fourth-order valence-corrected chi connectivity index (χ4v) is 4.52. The highest BCUT2D eigenvalue weighted by Crippen LogP contribution is 2.36. The molecule has 5 heteroatoms. The Morgan fingerprint density at radius 3 is 2.72 bits per heavy atom. The molecule has 1 aliphatic carbocycles. The van der Waals surface area contributed by atoms with Gasteiger partial charge < -0.3 is 14.5 Å². The number of carbonyl (C=O) groups excluding carboxylic acids is 2. The number of likely N-dealkylation sites (tertiary alicyclic amines) is 1. The van der Waals surface area contributed by atoms with Gasteiger partial charge in [-0.05, 0) is 18.4 Å². The Labute approximate surface area is 148 Å². The zero-order valence-corrected chi connectivity index (χ0v) is 14.7. The fourth-order valence-electron chi connectivity index (χ4n) is 4.52. The third kappa shape index (κ3) is 3.43. The quantitative estimate of drug-likeness (QED) is 0.846. The molecule has 5 nitrogen and oxygen atoms in total. The average molecular weight is 342 g/mol. The van der Waals surface area contributed by atoms with Gasteiger partial charge in [0.15, 0.2) is 0 Å². The lowest BCUT2D eigenvalue weighted by molar-refractivity contribution is -0.152. The van der Waals surface area contributed by atoms with Crippen molar-refractivity contribution in [3.05, 3.63) is 35.9 Å². The summed E-state index contributed by atoms with van der Waals surface area (Å²) in [4.78, 5) is 28.8. The van der Waals surface area contributed by atoms with Crippen molar-refractivity contribution >= 4 is 11.8 Å². The molecule has 0 radical (unpaired) electrons. The smallest absolute Gasteiger partial charge is 0.242 e. The van der Waals surface area contributed by atoms with Gasteiger partial charge in [-0.1, -0.05) is 43.2 Å². The van der Waals surface area contributed by atoms with Crippen LogP contribution in [0.4, 0.5) is 0 Å². The first-order valence-corrected chi connectivity index (χ1v) is 9.40. The van der Waals surface area contributed by atoms with Crippen LogP contribution in [0, 0.1) is 0 Å². The average Bonchev–Trinajstić information content (AvgIpc) is 3.23. The van der Waals surface area contributed by atoms with E-state index in [-0.39, 0.29) is 29.9 Å². The first-order valence-electron chi connectivity index (χ1n) is 9.40. The molecule has 1 aromatic rings. The summed E-state index contributed by atoms with van der Waals surface area (Å²) in [6.45, 7) is 2.80. The summed E-state index contributed by atoms with van der Waals surface area (Å²) in [5.74, 6) is 0.357. The normalized spacial score (nSPS) is 25.8. The minimum atomic E-state index is -0.116. The molecule has 1 aromatic carbocycles. The van der Waals surface area contributed by atoms with Crippen LogP contribution < -0.4 is 0 Å². The second kappa shape index (κ2) is 6.79. The molecule has 0 N–H and O–H groups in total. The van der Waals surface area contributed by atoms with Gasteiger partial charge in [0.1, 0.15) is 0 Å². The molecule has 0 aromatic heterocycles. The lowest BCUT2D eigenvalue weighted by atomic mass is 9.98. The van der Waals surface area contributed by atoms with Crippen LogP contribution in [-0.2, 0) is 14.3 Å². The van der Waals surface area contributed by atoms with Crippen molar-refractivity contribution in [3.63, 3.8) is 0 Å². The Balaban J connectivity index is 1.37. The van der Waals surface area contributed by atoms with Gasteiger partial charge in [-0.15, -0.1) is 0 Å². The highest BCUT2D eigenvalue weighted by Gasteiger charge is 2.41. The number of carbonyl (C=O) groups is 2. The van der Waals surface area contributed by atoms with Crippen molar-refractivity contribution in [2.75, 3.05) is 32.8 Å². The van der Waals surface area contributed by atoms with Crippen LogP contribution in [0.25, 0.3) is 0 Å². The molecule has 2 amide bonds. The van der Waals surface area contributed by atoms with Crippen molar-refractivity contribution in [3.8, 4) is 0 Å². The van der Waals surface area contributed by atoms with Gasteiger partial charge in [0.25, 0.3) is 0 Å². The van der Waals surface area contributed by atoms with Gasteiger partial charge in [0.2, 0.25) is 11.8 Å². The first-order chi connectivity index (χ1) is 12.2. The molecule has 2 aliphatic heterocycles. The summed E-state index contributed by atoms with van der Waals surface area (Å²) in [5.41, 5.74) is 1.07. The van der Waals surface area contributed by atoms with E-state index in [1.807, 2.05) is 23.1 Å². The number of hydrogen-bond donors (Lipinski definition) is 0. The van der Waals surface area contributed by atoms with Gasteiger partial charge in [-0.2, -0.15) is 0 Å². The molecule has 3 aliphatic rings. The molecule has 1 spiro atoms. The maximum Gasteiger partial charge on any atom is 0.242 e. The van der Waals surface area contributed by atoms with Crippen LogP contribution in [0.1, 0.15) is 43.6 Å². The molecule has 25 heavy (non-hydrogen) atoms. The summed E-state index contributed by atoms with van der Waals surface area (Å²) >= 11 is 0. The Morgan fingerprint density at radius 2 is 1.96 bits per heavy atom. The number of amides is 2. The molecule has 3 fully saturated rings. The van der Waals surface area contributed by atoms with Gasteiger partial charge in [0.05, 0.1) is 18.8 Å². The SMILES string of the molecule is O=C1C[C@@H](c2ccccc2)CN1CC(=O)N1CCOC2(CCCC2)C1. The van der Waals surface area contributed by atoms with Crippen LogP contribution in [0.5, 0.6) is 0 Å². The van der Waals surface area contributed by atoms with Crippen LogP contribution in [-0.4, -0.2) is 60.0 Å². The number of rotatable bonds is 3. The number of benzene rings is 1. The minimum absolute atomic E-state index is 0.0663. The van der Waals surface area contributed by atoms with Gasteiger partial charge in [-0.25, -0.2) is 0 Å². The van der Waals surface area contributed by atoms with E-state index in [4.69, 9.17) is 4.74 Å². The van der Waals surface area contributed by atoms with E-state index in [9.17, 15) is 9.59 Å². The zero-order valence-electron chi connectivity index (χ0n) is 14.7. The van der Waals surface area contributed by atoms with Crippen LogP contribution >= 0.6 is 0 Å². The van der Waals surface area contributed by atoms with E-state index < -0.39 is 0 Å². The molecule has 2 saturated heterocycles. The van der Waals surface area contributed by atoms with Crippen molar-refractivity contribution in [2.24, 2.45) is 0 Å². The number of ether oxygens (including phenoxy) is 1. The summed E-state index contributed by atoms with van der Waals surface area (Å²) in [6.07, 6.45) is 4.98. The Morgan fingerprint density at radius 1 is 1.20 bits per heavy atom. The van der Waals surface area contributed by atoms with Crippen molar-refractivity contribution in [2.45, 2.75) is 43.6 Å². The van der Waals surface area contributed by atoms with Crippen LogP contribution in [0.2, 0.25) is 0 Å². The van der Waals surface area contributed by atoms with E-state index in [0.717, 1.165) is 12.8 Å². The molecule has 0 unspecified atom stereocenters. The molecular weight excluding hydrogens is 316 g/mol. The standard InChI is InChI=1S/C20H26N2O3/c23-18-12-17(16-6-2-1-3-7-16)13-22(18)14-19(24)21-10-11-25-20(15-21)8-4-5-9-20/h1-3,6-7,17H,4-5,8-15H2/t17-/m1/s1. The first kappa shape index (κ1) is 16.6. The van der Waals surface area contributed by atoms with Crippen molar-refractivity contribution < 1.29 is 14.3 Å². The van der Waals surface area contributed by atoms with E-state index in [1.165, 1.54) is 18.4 Å². The van der Waals surface area contributed by atoms with Crippen LogP contribution in [0.3, 0.4) is 0 Å². The fraction of sp³-hybridized carbons (Fsp3) is 0.600. The lowest BCUT2D eigenvalue weighted by Crippen LogP contribution is -2.54. The molecule has 0 bridgehead atoms. The maximum atomic E-state index is 12.8. The maximum absolute atomic E-state index is 12.8. The molecule has 1 atom stereocenters. The monoisotopic (exact) mass is 342 g/mol. The predicted molar refractivity (Wildman–Crippen MR) is 94.1 cm³/mol. The largest absolute Gasteiger partial charge is 0.371 e. The Hall–Kier alpha value is -1.88. The van der Waals surface area contributed by atoms with Gasteiger partial charge >= 0.3 is 0 Å². The van der Waals surface area contributed by atoms with Crippen LogP contribution in [0.15, 0.2) is 30.3 Å². The Bertz CT molecular complexity index is 640. The minimum Gasteiger partial charge on any atom is -0.371 e. The van der Waals surface area contributed by atoms with E-state index in [0.29, 0.717) is 32.7 Å². The highest BCUT2D eigenvalue weighted by molar-refractivity contribution is 5.86. The molecule has 134 valence electrons. The number of nitrogens with zero attached hydrogens (tertiary/aromatic N) is 2. The van der Waals surface area contributed by atoms with Gasteiger partial charge in [0, 0.05) is 32.0 Å². The summed E-state index contributed by atoms with van der Waals surface area (Å²) in [5, 5.41) is 0. The highest BCUT2D eigenvalue weighted by atomic mass is 16.5. The summed E-state index contributed by atoms with van der Waals surface area (Å²) in [6, 6.07) is 10.1.